The van der Waals surface area contributed by atoms with Gasteiger partial charge in [-0.15, -0.1) is 0 Å². The lowest BCUT2D eigenvalue weighted by molar-refractivity contribution is -0.384. The van der Waals surface area contributed by atoms with Crippen LogP contribution in [0.15, 0.2) is 77.8 Å². The number of pyridine rings is 1. The fourth-order valence-electron chi connectivity index (χ4n) is 11.9. The summed E-state index contributed by atoms with van der Waals surface area (Å²) < 4.78 is 48.3. The molecule has 5 aromatic rings. The van der Waals surface area contributed by atoms with E-state index in [0.717, 1.165) is 62.7 Å². The van der Waals surface area contributed by atoms with Gasteiger partial charge in [0.15, 0.2) is 11.4 Å². The molecule has 18 heteroatoms. The number of nitrogens with zero attached hydrogens (tertiary/aromatic N) is 6. The molecule has 0 radical (unpaired) electrons. The number of likely N-dealkylation sites (tertiary alicyclic amines) is 1. The van der Waals surface area contributed by atoms with Crippen molar-refractivity contribution in [1.29, 1.82) is 0 Å². The summed E-state index contributed by atoms with van der Waals surface area (Å²) in [6.45, 7) is 11.7. The summed E-state index contributed by atoms with van der Waals surface area (Å²) in [6.07, 6.45) is 9.41. The van der Waals surface area contributed by atoms with Crippen molar-refractivity contribution in [2.45, 2.75) is 87.7 Å². The summed E-state index contributed by atoms with van der Waals surface area (Å²) in [7, 11) is -4.65. The zero-order chi connectivity index (χ0) is 47.4. The number of hydrogen-bond acceptors (Lipinski definition) is 14. The van der Waals surface area contributed by atoms with Crippen molar-refractivity contribution >= 4 is 55.4 Å². The number of amides is 1. The first-order valence-electron chi connectivity index (χ1n) is 24.6. The van der Waals surface area contributed by atoms with E-state index in [1.54, 1.807) is 6.07 Å². The van der Waals surface area contributed by atoms with E-state index in [0.29, 0.717) is 85.6 Å². The molecule has 1 aliphatic carbocycles. The second kappa shape index (κ2) is 18.4. The number of anilines is 4. The Morgan fingerprint density at radius 2 is 1.75 bits per heavy atom. The van der Waals surface area contributed by atoms with Gasteiger partial charge >= 0.3 is 0 Å². The molecular formula is C51H61N9O8S. The second-order valence-corrected chi connectivity index (χ2v) is 21.8. The van der Waals surface area contributed by atoms with Gasteiger partial charge in [0.2, 0.25) is 5.88 Å². The van der Waals surface area contributed by atoms with Gasteiger partial charge < -0.3 is 34.3 Å². The third-order valence-electron chi connectivity index (χ3n) is 15.5. The van der Waals surface area contributed by atoms with Crippen LogP contribution >= 0.6 is 0 Å². The minimum Gasteiger partial charge on any atom is -0.489 e. The zero-order valence-electron chi connectivity index (χ0n) is 39.3. The molecule has 17 nitrogen and oxygen atoms in total. The molecule has 1 amide bonds. The van der Waals surface area contributed by atoms with Gasteiger partial charge in [0, 0.05) is 80.8 Å². The lowest BCUT2D eigenvalue weighted by atomic mass is 9.59. The smallest absolute Gasteiger partial charge is 0.297 e. The summed E-state index contributed by atoms with van der Waals surface area (Å²) in [4.78, 5) is 43.2. The minimum atomic E-state index is -4.65. The molecule has 0 unspecified atom stereocenters. The largest absolute Gasteiger partial charge is 0.489 e. The highest BCUT2D eigenvalue weighted by Crippen LogP contribution is 2.54. The summed E-state index contributed by atoms with van der Waals surface area (Å²) in [5.41, 5.74) is 5.79. The van der Waals surface area contributed by atoms with Gasteiger partial charge in [-0.1, -0.05) is 38.1 Å². The predicted molar refractivity (Wildman–Crippen MR) is 264 cm³/mol. The number of rotatable bonds is 11. The van der Waals surface area contributed by atoms with E-state index in [9.17, 15) is 23.3 Å². The van der Waals surface area contributed by atoms with Crippen LogP contribution in [-0.2, 0) is 14.8 Å². The topological polar surface area (TPSA) is 188 Å². The van der Waals surface area contributed by atoms with Crippen molar-refractivity contribution in [3.63, 3.8) is 0 Å². The molecule has 6 aliphatic rings. The Morgan fingerprint density at radius 1 is 0.942 bits per heavy atom. The molecule has 4 fully saturated rings. The number of aromatic nitrogens is 2. The number of H-pyrrole nitrogens is 1. The molecule has 3 N–H and O–H groups in total. The number of carbonyl (C=O) groups is 1. The van der Waals surface area contributed by atoms with E-state index in [1.165, 1.54) is 42.9 Å². The molecule has 7 heterocycles. The zero-order valence-corrected chi connectivity index (χ0v) is 40.1. The average Bonchev–Trinajstić information content (AvgIpc) is 3.97. The van der Waals surface area contributed by atoms with Crippen LogP contribution in [0.25, 0.3) is 11.0 Å². The number of ether oxygens (including phenoxy) is 3. The van der Waals surface area contributed by atoms with Crippen molar-refractivity contribution in [1.82, 2.24) is 24.5 Å². The normalized spacial score (nSPS) is 22.0. The Labute approximate surface area is 402 Å². The number of fused-ring (bicyclic) bond motifs is 3. The first kappa shape index (κ1) is 45.5. The van der Waals surface area contributed by atoms with Crippen molar-refractivity contribution in [2.24, 2.45) is 5.41 Å². The first-order chi connectivity index (χ1) is 33.4. The molecule has 3 saturated heterocycles. The number of hydrogen-bond donors (Lipinski definition) is 3. The van der Waals surface area contributed by atoms with Gasteiger partial charge in [-0.05, 0) is 104 Å². The molecule has 0 bridgehead atoms. The van der Waals surface area contributed by atoms with Crippen molar-refractivity contribution in [3.8, 4) is 11.6 Å². The number of nitrogens with one attached hydrogen (secondary N) is 3. The maximum atomic E-state index is 14.6. The lowest BCUT2D eigenvalue weighted by Gasteiger charge is -2.56. The van der Waals surface area contributed by atoms with Gasteiger partial charge in [0.25, 0.3) is 21.6 Å². The van der Waals surface area contributed by atoms with Crippen LogP contribution in [0.5, 0.6) is 11.6 Å². The fourth-order valence-corrected chi connectivity index (χ4v) is 12.9. The number of aromatic amines is 1. The third-order valence-corrected chi connectivity index (χ3v) is 16.8. The SMILES string of the molecule is CC(C)c1ccccc1[C@@H]1CCCN1C1CC2(CCN(c3ccc(C(=O)NS(=O)(=O)c4cc5c(c([N+](=O)[O-])c4)N[C@@H](CN4CCOCC4)CO5)c(N4CCCOc5nc6[nH]ccc6cc54)c3)CC2)C1. The van der Waals surface area contributed by atoms with Gasteiger partial charge in [0.1, 0.15) is 17.9 Å². The number of benzene rings is 3. The van der Waals surface area contributed by atoms with Crippen LogP contribution in [0.3, 0.4) is 0 Å². The second-order valence-electron chi connectivity index (χ2n) is 20.1. The van der Waals surface area contributed by atoms with E-state index in [4.69, 9.17) is 19.2 Å². The monoisotopic (exact) mass is 959 g/mol. The maximum absolute atomic E-state index is 14.6. The predicted octanol–water partition coefficient (Wildman–Crippen LogP) is 7.73. The van der Waals surface area contributed by atoms with Gasteiger partial charge in [0.05, 0.1) is 46.9 Å². The molecular weight excluding hydrogens is 899 g/mol. The van der Waals surface area contributed by atoms with Crippen LogP contribution in [0.4, 0.5) is 28.4 Å². The van der Waals surface area contributed by atoms with E-state index < -0.39 is 31.4 Å². The van der Waals surface area contributed by atoms with Gasteiger partial charge in [-0.25, -0.2) is 13.1 Å². The number of nitro groups is 1. The highest BCUT2D eigenvalue weighted by Gasteiger charge is 2.50. The lowest BCUT2D eigenvalue weighted by Crippen LogP contribution is -2.55. The van der Waals surface area contributed by atoms with E-state index in [1.807, 2.05) is 35.4 Å². The van der Waals surface area contributed by atoms with Crippen molar-refractivity contribution in [3.05, 3.63) is 99.7 Å². The number of morpholine rings is 1. The fraction of sp³-hybridized carbons (Fsp3) is 0.490. The quantitative estimate of drug-likeness (QED) is 0.0862. The summed E-state index contributed by atoms with van der Waals surface area (Å²) in [5, 5.41) is 16.5. The van der Waals surface area contributed by atoms with E-state index in [2.05, 4.69) is 67.8 Å². The minimum absolute atomic E-state index is 0.0263. The molecule has 2 aromatic heterocycles. The van der Waals surface area contributed by atoms with E-state index in [-0.39, 0.29) is 29.6 Å². The first-order valence-corrected chi connectivity index (χ1v) is 26.1. The molecule has 1 saturated carbocycles. The summed E-state index contributed by atoms with van der Waals surface area (Å²) in [5.74, 6) is 0.0458. The molecule has 11 rings (SSSR count). The number of piperidine rings is 1. The van der Waals surface area contributed by atoms with Gasteiger partial charge in [-0.3, -0.25) is 24.7 Å². The van der Waals surface area contributed by atoms with Crippen LogP contribution in [0.1, 0.15) is 92.2 Å². The maximum Gasteiger partial charge on any atom is 0.297 e. The van der Waals surface area contributed by atoms with Crippen LogP contribution < -0.4 is 29.3 Å². The third kappa shape index (κ3) is 8.85. The highest BCUT2D eigenvalue weighted by atomic mass is 32.2. The van der Waals surface area contributed by atoms with Crippen molar-refractivity contribution < 1.29 is 32.3 Å². The Balaban J connectivity index is 0.848. The molecule has 5 aliphatic heterocycles. The molecule has 69 heavy (non-hydrogen) atoms. The van der Waals surface area contributed by atoms with Crippen LogP contribution in [0, 0.1) is 15.5 Å². The Bertz CT molecular complexity index is 2870. The summed E-state index contributed by atoms with van der Waals surface area (Å²) in [6, 6.07) is 21.5. The highest BCUT2D eigenvalue weighted by molar-refractivity contribution is 7.90. The van der Waals surface area contributed by atoms with E-state index >= 15 is 0 Å². The Hall–Kier alpha value is -5.95. The average molecular weight is 960 g/mol. The standard InChI is InChI=1S/C51H61N9O8S/c1-33(2)39-7-3-4-8-40(39)42-9-5-16-58(42)37-29-51(30-37)13-18-57(19-14-51)36-10-11-41(43(26-36)59-17-6-22-67-50-45(59)25-34-12-15-52-48(34)54-50)49(61)55-69(64,65)38-27-44(60(62)63)47-46(28-38)68-32-35(53-47)31-56-20-23-66-24-21-56/h3-4,7-8,10-12,15,25-28,33,35,37,42,53H,5-6,9,13-14,16-24,29-32H2,1-2H3,(H,52,54)(H,55,61)/t35-,42-/m0/s1. The van der Waals surface area contributed by atoms with Crippen molar-refractivity contribution in [2.75, 3.05) is 87.4 Å². The molecule has 364 valence electrons. The number of sulfonamides is 1. The number of carbonyl (C=O) groups excluding carboxylic acids is 1. The molecule has 2 atom stereocenters. The van der Waals surface area contributed by atoms with Crippen LogP contribution in [0.2, 0.25) is 0 Å². The Kier molecular flexibility index (Phi) is 12.1. The molecule has 1 spiro atoms. The molecule has 3 aromatic carbocycles. The van der Waals surface area contributed by atoms with Gasteiger partial charge in [-0.2, -0.15) is 4.98 Å². The summed E-state index contributed by atoms with van der Waals surface area (Å²) >= 11 is 0. The van der Waals surface area contributed by atoms with Crippen LogP contribution in [-0.4, -0.2) is 123 Å². The number of nitro benzene ring substituents is 1. The Morgan fingerprint density at radius 3 is 2.55 bits per heavy atom.